The second-order valence-electron chi connectivity index (χ2n) is 5.17. The van der Waals surface area contributed by atoms with E-state index in [9.17, 15) is 24.6 Å². The average molecular weight is 315 g/mol. The molecule has 10 nitrogen and oxygen atoms in total. The number of nitrogens with one attached hydrogen (secondary N) is 2. The van der Waals surface area contributed by atoms with Gasteiger partial charge in [0.25, 0.3) is 0 Å². The average Bonchev–Trinajstić information content (AvgIpc) is 3.20. The van der Waals surface area contributed by atoms with Crippen LogP contribution in [0.4, 0.5) is 0 Å². The highest BCUT2D eigenvalue weighted by Gasteiger charge is 2.66. The standard InChI is InChI=1S/C11H17N3O5.CO2/c12-3-8(16)13-4-9(17)14-11(10(18)19)2-7(15)5-1-6(5)11;2-1-3/h5-7,15H,1-4,12H2,(H,13,16)(H,14,17)(H,18,19);/t5-,6+,7-,11-;/m0./s1. The van der Waals surface area contributed by atoms with Gasteiger partial charge in [0.1, 0.15) is 5.54 Å². The van der Waals surface area contributed by atoms with Gasteiger partial charge in [-0.15, -0.1) is 0 Å². The van der Waals surface area contributed by atoms with Gasteiger partial charge in [0.2, 0.25) is 11.8 Å². The summed E-state index contributed by atoms with van der Waals surface area (Å²) in [5.41, 5.74) is 3.66. The maximum Gasteiger partial charge on any atom is 0.373 e. The predicted molar refractivity (Wildman–Crippen MR) is 67.8 cm³/mol. The van der Waals surface area contributed by atoms with E-state index in [0.717, 1.165) is 0 Å². The number of carbonyl (C=O) groups excluding carboxylic acids is 4. The molecule has 2 saturated carbocycles. The van der Waals surface area contributed by atoms with E-state index in [1.807, 2.05) is 0 Å². The maximum atomic E-state index is 11.7. The molecule has 2 rings (SSSR count). The molecule has 0 aromatic rings. The van der Waals surface area contributed by atoms with Gasteiger partial charge >= 0.3 is 12.1 Å². The molecule has 2 fully saturated rings. The molecule has 10 heteroatoms. The molecule has 0 heterocycles. The van der Waals surface area contributed by atoms with Crippen molar-refractivity contribution in [3.63, 3.8) is 0 Å². The molecule has 2 aliphatic carbocycles. The fourth-order valence-corrected chi connectivity index (χ4v) is 2.83. The van der Waals surface area contributed by atoms with Crippen molar-refractivity contribution in [3.05, 3.63) is 0 Å². The van der Waals surface area contributed by atoms with E-state index in [0.29, 0.717) is 6.42 Å². The Bertz CT molecular complexity index is 503. The number of nitrogens with two attached hydrogens (primary N) is 1. The Morgan fingerprint density at radius 1 is 1.27 bits per heavy atom. The van der Waals surface area contributed by atoms with Crippen LogP contribution in [0.5, 0.6) is 0 Å². The molecule has 2 aliphatic rings. The normalized spacial score (nSPS) is 30.9. The quantitative estimate of drug-likeness (QED) is 0.352. The number of rotatable bonds is 5. The number of hydrogen-bond donors (Lipinski definition) is 5. The number of carboxylic acid groups (broad SMARTS) is 1. The monoisotopic (exact) mass is 315 g/mol. The van der Waals surface area contributed by atoms with E-state index < -0.39 is 29.4 Å². The van der Waals surface area contributed by atoms with Crippen LogP contribution in [0.15, 0.2) is 0 Å². The molecule has 0 radical (unpaired) electrons. The van der Waals surface area contributed by atoms with Crippen LogP contribution in [0.1, 0.15) is 12.8 Å². The number of fused-ring (bicyclic) bond motifs is 1. The fraction of sp³-hybridized carbons (Fsp3) is 0.667. The number of aliphatic hydroxyl groups excluding tert-OH is 1. The van der Waals surface area contributed by atoms with Gasteiger partial charge in [0.15, 0.2) is 0 Å². The Labute approximate surface area is 125 Å². The molecule has 0 aliphatic heterocycles. The van der Waals surface area contributed by atoms with Crippen LogP contribution in [0.25, 0.3) is 0 Å². The van der Waals surface area contributed by atoms with Crippen LogP contribution in [0.3, 0.4) is 0 Å². The van der Waals surface area contributed by atoms with Crippen molar-refractivity contribution in [2.75, 3.05) is 13.1 Å². The van der Waals surface area contributed by atoms with Gasteiger partial charge in [0, 0.05) is 6.42 Å². The third-order valence-electron chi connectivity index (χ3n) is 3.87. The minimum Gasteiger partial charge on any atom is -0.479 e. The molecule has 0 unspecified atom stereocenters. The smallest absolute Gasteiger partial charge is 0.373 e. The highest BCUT2D eigenvalue weighted by molar-refractivity contribution is 5.91. The summed E-state index contributed by atoms with van der Waals surface area (Å²) in [6.07, 6.45) is 0.164. The SMILES string of the molecule is NCC(=O)NCC(=O)N[C@@]1(C(=O)O)C[C@H](O)[C@H]2C[C@H]21.O=C=O. The largest absolute Gasteiger partial charge is 0.479 e. The van der Waals surface area contributed by atoms with Crippen LogP contribution in [-0.4, -0.2) is 58.9 Å². The van der Waals surface area contributed by atoms with Gasteiger partial charge in [-0.25, -0.2) is 4.79 Å². The molecule has 122 valence electrons. The van der Waals surface area contributed by atoms with Gasteiger partial charge < -0.3 is 26.6 Å². The summed E-state index contributed by atoms with van der Waals surface area (Å²) in [7, 11) is 0. The Hall–Kier alpha value is -2.29. The van der Waals surface area contributed by atoms with Crippen molar-refractivity contribution in [2.45, 2.75) is 24.5 Å². The third-order valence-corrected chi connectivity index (χ3v) is 3.87. The Kier molecular flexibility index (Phi) is 5.75. The number of aliphatic carboxylic acids is 1. The minimum atomic E-state index is -1.41. The topological polar surface area (TPSA) is 176 Å². The highest BCUT2D eigenvalue weighted by atomic mass is 16.4. The maximum absolute atomic E-state index is 11.7. The zero-order chi connectivity index (χ0) is 16.9. The lowest BCUT2D eigenvalue weighted by molar-refractivity contribution is -0.191. The summed E-state index contributed by atoms with van der Waals surface area (Å²) in [5.74, 6) is -2.50. The Balaban J connectivity index is 0.000000745. The lowest BCUT2D eigenvalue weighted by atomic mass is 9.92. The highest BCUT2D eigenvalue weighted by Crippen LogP contribution is 2.57. The van der Waals surface area contributed by atoms with Gasteiger partial charge in [-0.05, 0) is 18.3 Å². The van der Waals surface area contributed by atoms with Crippen molar-refractivity contribution in [1.29, 1.82) is 0 Å². The van der Waals surface area contributed by atoms with Gasteiger partial charge in [-0.2, -0.15) is 9.59 Å². The summed E-state index contributed by atoms with van der Waals surface area (Å²) in [4.78, 5) is 50.3. The number of amides is 2. The minimum absolute atomic E-state index is 0.00818. The summed E-state index contributed by atoms with van der Waals surface area (Å²) in [5, 5.41) is 23.7. The summed E-state index contributed by atoms with van der Waals surface area (Å²) in [6, 6.07) is 0. The predicted octanol–water partition coefficient (Wildman–Crippen LogP) is -3.18. The van der Waals surface area contributed by atoms with Crippen molar-refractivity contribution >= 4 is 23.9 Å². The first kappa shape index (κ1) is 17.8. The van der Waals surface area contributed by atoms with Crippen LogP contribution in [0, 0.1) is 11.8 Å². The number of carbonyl (C=O) groups is 3. The molecule has 0 aromatic heterocycles. The van der Waals surface area contributed by atoms with Gasteiger partial charge in [-0.1, -0.05) is 0 Å². The van der Waals surface area contributed by atoms with Crippen LogP contribution in [-0.2, 0) is 24.0 Å². The van der Waals surface area contributed by atoms with Crippen LogP contribution >= 0.6 is 0 Å². The molecule has 2 amide bonds. The first-order valence-electron chi connectivity index (χ1n) is 6.50. The van der Waals surface area contributed by atoms with Crippen LogP contribution in [0.2, 0.25) is 0 Å². The zero-order valence-corrected chi connectivity index (χ0v) is 11.6. The summed E-state index contributed by atoms with van der Waals surface area (Å²) in [6.45, 7) is -0.556. The van der Waals surface area contributed by atoms with E-state index in [4.69, 9.17) is 15.3 Å². The van der Waals surface area contributed by atoms with Gasteiger partial charge in [0.05, 0.1) is 19.2 Å². The second kappa shape index (κ2) is 7.12. The Morgan fingerprint density at radius 2 is 1.86 bits per heavy atom. The molecule has 0 aromatic carbocycles. The number of hydrogen-bond acceptors (Lipinski definition) is 7. The molecule has 22 heavy (non-hydrogen) atoms. The first-order valence-corrected chi connectivity index (χ1v) is 6.50. The third kappa shape index (κ3) is 3.67. The first-order chi connectivity index (χ1) is 10.3. The molecular weight excluding hydrogens is 298 g/mol. The van der Waals surface area contributed by atoms with Crippen LogP contribution < -0.4 is 16.4 Å². The fourth-order valence-electron chi connectivity index (χ4n) is 2.83. The summed E-state index contributed by atoms with van der Waals surface area (Å²) < 4.78 is 0. The van der Waals surface area contributed by atoms with Gasteiger partial charge in [-0.3, -0.25) is 9.59 Å². The van der Waals surface area contributed by atoms with E-state index in [1.54, 1.807) is 0 Å². The van der Waals surface area contributed by atoms with Crippen molar-refractivity contribution in [3.8, 4) is 0 Å². The molecule has 6 N–H and O–H groups in total. The summed E-state index contributed by atoms with van der Waals surface area (Å²) >= 11 is 0. The molecule has 0 bridgehead atoms. The van der Waals surface area contributed by atoms with Crippen molar-refractivity contribution in [2.24, 2.45) is 17.6 Å². The molecule has 0 spiro atoms. The second-order valence-corrected chi connectivity index (χ2v) is 5.17. The molecule has 0 saturated heterocycles. The lowest BCUT2D eigenvalue weighted by Gasteiger charge is -2.28. The van der Waals surface area contributed by atoms with E-state index >= 15 is 0 Å². The van der Waals surface area contributed by atoms with E-state index in [-0.39, 0.29) is 37.5 Å². The van der Waals surface area contributed by atoms with Crippen molar-refractivity contribution < 1.29 is 34.2 Å². The number of aliphatic hydroxyl groups is 1. The zero-order valence-electron chi connectivity index (χ0n) is 11.6. The lowest BCUT2D eigenvalue weighted by Crippen LogP contribution is -2.57. The van der Waals surface area contributed by atoms with Crippen molar-refractivity contribution in [1.82, 2.24) is 10.6 Å². The Morgan fingerprint density at radius 3 is 2.23 bits per heavy atom. The molecule has 4 atom stereocenters. The molecular formula is C12H17N3O7. The van der Waals surface area contributed by atoms with E-state index in [2.05, 4.69) is 10.6 Å². The number of carboxylic acids is 1. The van der Waals surface area contributed by atoms with E-state index in [1.165, 1.54) is 0 Å².